The number of hydrogen-bond acceptors (Lipinski definition) is 3. The van der Waals surface area contributed by atoms with Gasteiger partial charge in [0, 0.05) is 25.7 Å². The fourth-order valence-electron chi connectivity index (χ4n) is 2.58. The van der Waals surface area contributed by atoms with Crippen LogP contribution in [0.3, 0.4) is 0 Å². The molecule has 1 N–H and O–H groups in total. The molecule has 3 unspecified atom stereocenters. The van der Waals surface area contributed by atoms with Crippen LogP contribution in [0.25, 0.3) is 0 Å². The van der Waals surface area contributed by atoms with Gasteiger partial charge in [0.25, 0.3) is 0 Å². The van der Waals surface area contributed by atoms with Crippen molar-refractivity contribution in [3.05, 3.63) is 0 Å². The molecular weight excluding hydrogens is 198 g/mol. The molecule has 3 heteroatoms. The van der Waals surface area contributed by atoms with Gasteiger partial charge in [0.2, 0.25) is 0 Å². The van der Waals surface area contributed by atoms with Gasteiger partial charge in [-0.2, -0.15) is 5.26 Å². The third-order valence-electron chi connectivity index (χ3n) is 3.46. The summed E-state index contributed by atoms with van der Waals surface area (Å²) in [7, 11) is 0. The molecule has 0 aromatic heterocycles. The van der Waals surface area contributed by atoms with E-state index in [1.54, 1.807) is 0 Å². The predicted molar refractivity (Wildman–Crippen MR) is 67.1 cm³/mol. The first-order valence-electron chi connectivity index (χ1n) is 6.27. The normalized spacial score (nSPS) is 30.3. The molecule has 1 fully saturated rings. The maximum atomic E-state index is 9.29. The van der Waals surface area contributed by atoms with Crippen molar-refractivity contribution in [3.8, 4) is 6.07 Å². The molecule has 3 nitrogen and oxygen atoms in total. The van der Waals surface area contributed by atoms with Gasteiger partial charge in [-0.25, -0.2) is 0 Å². The first kappa shape index (κ1) is 13.5. The van der Waals surface area contributed by atoms with Crippen LogP contribution in [0.4, 0.5) is 0 Å². The van der Waals surface area contributed by atoms with Gasteiger partial charge in [-0.3, -0.25) is 10.2 Å². The lowest BCUT2D eigenvalue weighted by Gasteiger charge is -2.30. The topological polar surface area (TPSA) is 39.1 Å². The van der Waals surface area contributed by atoms with E-state index in [1.807, 2.05) is 6.92 Å². The molecule has 0 radical (unpaired) electrons. The quantitative estimate of drug-likeness (QED) is 0.790. The smallest absolute Gasteiger partial charge is 0.116 e. The van der Waals surface area contributed by atoms with Crippen LogP contribution >= 0.6 is 0 Å². The summed E-state index contributed by atoms with van der Waals surface area (Å²) >= 11 is 0. The number of nitriles is 1. The van der Waals surface area contributed by atoms with Gasteiger partial charge in [0.15, 0.2) is 0 Å². The molecule has 0 spiro atoms. The average Bonchev–Trinajstić information content (AvgIpc) is 2.44. The summed E-state index contributed by atoms with van der Waals surface area (Å²) in [6.07, 6.45) is 0. The summed E-state index contributed by atoms with van der Waals surface area (Å²) < 4.78 is 0. The van der Waals surface area contributed by atoms with Crippen LogP contribution in [0.5, 0.6) is 0 Å². The standard InChI is InChI=1S/C13H25N3/c1-10(2)15-13(5,8-14)9-16-6-11(3)12(4)7-16/h10-12,15H,6-7,9H2,1-5H3. The SMILES string of the molecule is CC(C)NC(C)(C#N)CN1CC(C)C(C)C1. The average molecular weight is 223 g/mol. The highest BCUT2D eigenvalue weighted by molar-refractivity contribution is 5.07. The molecule has 92 valence electrons. The molecule has 0 amide bonds. The summed E-state index contributed by atoms with van der Waals surface area (Å²) in [6.45, 7) is 13.8. The van der Waals surface area contributed by atoms with E-state index in [-0.39, 0.29) is 0 Å². The zero-order chi connectivity index (χ0) is 12.3. The van der Waals surface area contributed by atoms with Crippen molar-refractivity contribution in [2.24, 2.45) is 11.8 Å². The molecular formula is C13H25N3. The fraction of sp³-hybridized carbons (Fsp3) is 0.923. The van der Waals surface area contributed by atoms with E-state index in [2.05, 4.69) is 44.0 Å². The molecule has 3 atom stereocenters. The summed E-state index contributed by atoms with van der Waals surface area (Å²) in [5.74, 6) is 1.50. The fourth-order valence-corrected chi connectivity index (χ4v) is 2.58. The lowest BCUT2D eigenvalue weighted by atomic mass is 10.0. The Morgan fingerprint density at radius 1 is 1.38 bits per heavy atom. The van der Waals surface area contributed by atoms with Crippen LogP contribution in [-0.2, 0) is 0 Å². The predicted octanol–water partition coefficient (Wildman–Crippen LogP) is 1.85. The van der Waals surface area contributed by atoms with Gasteiger partial charge < -0.3 is 0 Å². The van der Waals surface area contributed by atoms with Crippen LogP contribution in [-0.4, -0.2) is 36.1 Å². The molecule has 1 saturated heterocycles. The molecule has 0 aromatic carbocycles. The maximum Gasteiger partial charge on any atom is 0.116 e. The van der Waals surface area contributed by atoms with Crippen LogP contribution in [0.2, 0.25) is 0 Å². The molecule has 1 rings (SSSR count). The summed E-state index contributed by atoms with van der Waals surface area (Å²) in [6, 6.07) is 2.76. The van der Waals surface area contributed by atoms with E-state index in [9.17, 15) is 5.26 Å². The highest BCUT2D eigenvalue weighted by Crippen LogP contribution is 2.23. The Morgan fingerprint density at radius 3 is 2.25 bits per heavy atom. The second-order valence-corrected chi connectivity index (χ2v) is 5.89. The Balaban J connectivity index is 2.55. The molecule has 0 aliphatic carbocycles. The van der Waals surface area contributed by atoms with Crippen molar-refractivity contribution in [1.29, 1.82) is 5.26 Å². The maximum absolute atomic E-state index is 9.29. The molecule has 0 aromatic rings. The van der Waals surface area contributed by atoms with E-state index >= 15 is 0 Å². The highest BCUT2D eigenvalue weighted by Gasteiger charge is 2.33. The number of likely N-dealkylation sites (tertiary alicyclic amines) is 1. The zero-order valence-corrected chi connectivity index (χ0v) is 11.2. The van der Waals surface area contributed by atoms with Crippen LogP contribution in [0.1, 0.15) is 34.6 Å². The summed E-state index contributed by atoms with van der Waals surface area (Å²) in [5.41, 5.74) is -0.419. The second-order valence-electron chi connectivity index (χ2n) is 5.89. The Bertz CT molecular complexity index is 259. The molecule has 0 saturated carbocycles. The van der Waals surface area contributed by atoms with Gasteiger partial charge in [-0.1, -0.05) is 13.8 Å². The van der Waals surface area contributed by atoms with E-state index in [0.29, 0.717) is 6.04 Å². The van der Waals surface area contributed by atoms with E-state index < -0.39 is 5.54 Å². The summed E-state index contributed by atoms with van der Waals surface area (Å²) in [5, 5.41) is 12.6. The van der Waals surface area contributed by atoms with Gasteiger partial charge in [0.05, 0.1) is 6.07 Å². The number of nitrogens with one attached hydrogen (secondary N) is 1. The molecule has 1 aliphatic heterocycles. The van der Waals surface area contributed by atoms with Crippen LogP contribution in [0, 0.1) is 23.2 Å². The minimum atomic E-state index is -0.419. The molecule has 16 heavy (non-hydrogen) atoms. The third-order valence-corrected chi connectivity index (χ3v) is 3.46. The van der Waals surface area contributed by atoms with Crippen molar-refractivity contribution in [2.75, 3.05) is 19.6 Å². The monoisotopic (exact) mass is 223 g/mol. The van der Waals surface area contributed by atoms with Gasteiger partial charge in [-0.15, -0.1) is 0 Å². The van der Waals surface area contributed by atoms with Crippen molar-refractivity contribution in [1.82, 2.24) is 10.2 Å². The van der Waals surface area contributed by atoms with Gasteiger partial charge in [-0.05, 0) is 32.6 Å². The third kappa shape index (κ3) is 3.47. The summed E-state index contributed by atoms with van der Waals surface area (Å²) in [4.78, 5) is 2.41. The molecule has 0 bridgehead atoms. The van der Waals surface area contributed by atoms with Gasteiger partial charge >= 0.3 is 0 Å². The minimum Gasteiger partial charge on any atom is -0.300 e. The highest BCUT2D eigenvalue weighted by atomic mass is 15.2. The van der Waals surface area contributed by atoms with Gasteiger partial charge in [0.1, 0.15) is 5.54 Å². The largest absolute Gasteiger partial charge is 0.300 e. The zero-order valence-electron chi connectivity index (χ0n) is 11.2. The number of nitrogens with zero attached hydrogens (tertiary/aromatic N) is 2. The molecule has 1 heterocycles. The van der Waals surface area contributed by atoms with E-state index in [0.717, 1.165) is 31.5 Å². The number of rotatable bonds is 4. The second kappa shape index (κ2) is 5.16. The Labute approximate surface area is 99.8 Å². The lowest BCUT2D eigenvalue weighted by molar-refractivity contribution is 0.243. The lowest BCUT2D eigenvalue weighted by Crippen LogP contribution is -2.52. The first-order chi connectivity index (χ1) is 7.36. The Morgan fingerprint density at radius 2 is 1.88 bits per heavy atom. The van der Waals surface area contributed by atoms with Crippen molar-refractivity contribution in [3.63, 3.8) is 0 Å². The van der Waals surface area contributed by atoms with Crippen LogP contribution < -0.4 is 5.32 Å². The van der Waals surface area contributed by atoms with Crippen molar-refractivity contribution in [2.45, 2.75) is 46.2 Å². The van der Waals surface area contributed by atoms with E-state index in [4.69, 9.17) is 0 Å². The number of hydrogen-bond donors (Lipinski definition) is 1. The molecule has 1 aliphatic rings. The van der Waals surface area contributed by atoms with Crippen molar-refractivity contribution >= 4 is 0 Å². The van der Waals surface area contributed by atoms with E-state index in [1.165, 1.54) is 0 Å². The van der Waals surface area contributed by atoms with Crippen LogP contribution in [0.15, 0.2) is 0 Å². The Kier molecular flexibility index (Phi) is 4.35. The first-order valence-corrected chi connectivity index (χ1v) is 6.27. The Hall–Kier alpha value is -0.590. The van der Waals surface area contributed by atoms with Crippen molar-refractivity contribution < 1.29 is 0 Å². The minimum absolute atomic E-state index is 0.349.